The van der Waals surface area contributed by atoms with Crippen molar-refractivity contribution in [1.82, 2.24) is 19.4 Å². The first kappa shape index (κ1) is 16.5. The van der Waals surface area contributed by atoms with Crippen molar-refractivity contribution in [1.29, 1.82) is 0 Å². The first-order valence-electron chi connectivity index (χ1n) is 10.1. The number of hydrogen-bond donors (Lipinski definition) is 0. The molecule has 2 saturated carbocycles. The zero-order valence-corrected chi connectivity index (χ0v) is 15.4. The summed E-state index contributed by atoms with van der Waals surface area (Å²) in [6.45, 7) is 5.89. The molecule has 0 unspecified atom stereocenters. The van der Waals surface area contributed by atoms with Crippen LogP contribution in [0.5, 0.6) is 0 Å². The van der Waals surface area contributed by atoms with Gasteiger partial charge in [-0.05, 0) is 49.1 Å². The Bertz CT molecular complexity index is 736. The quantitative estimate of drug-likeness (QED) is 0.732. The Hall–Kier alpha value is -1.72. The monoisotopic (exact) mass is 352 g/mol. The van der Waals surface area contributed by atoms with Gasteiger partial charge in [0, 0.05) is 50.2 Å². The molecule has 0 N–H and O–H groups in total. The number of hydrogen-bond acceptors (Lipinski definition) is 4. The Morgan fingerprint density at radius 2 is 1.96 bits per heavy atom. The van der Waals surface area contributed by atoms with E-state index in [9.17, 15) is 0 Å². The van der Waals surface area contributed by atoms with Crippen molar-refractivity contribution in [2.24, 2.45) is 11.8 Å². The summed E-state index contributed by atoms with van der Waals surface area (Å²) in [4.78, 5) is 11.6. The standard InChI is InChI=1S/C21H28N4O/c1-2-18(8-22-7-1)13-26-14-19-11-24(9-16-3-4-16)12-20-21(19)25(15-23-20)10-17-5-6-17/h1-2,7-8,15-17,19H,3-6,9-14H2/t19-/m1/s1. The van der Waals surface area contributed by atoms with E-state index in [0.717, 1.165) is 43.6 Å². The molecular weight excluding hydrogens is 324 g/mol. The highest BCUT2D eigenvalue weighted by Crippen LogP contribution is 2.36. The van der Waals surface area contributed by atoms with E-state index in [1.54, 1.807) is 0 Å². The van der Waals surface area contributed by atoms with Crippen LogP contribution in [0.4, 0.5) is 0 Å². The minimum atomic E-state index is 0.426. The number of fused-ring (bicyclic) bond motifs is 1. The Morgan fingerprint density at radius 3 is 2.73 bits per heavy atom. The van der Waals surface area contributed by atoms with Crippen LogP contribution >= 0.6 is 0 Å². The van der Waals surface area contributed by atoms with Crippen LogP contribution in [0, 0.1) is 11.8 Å². The molecule has 2 fully saturated rings. The molecule has 1 atom stereocenters. The Morgan fingerprint density at radius 1 is 1.12 bits per heavy atom. The third kappa shape index (κ3) is 3.84. The van der Waals surface area contributed by atoms with Crippen molar-refractivity contribution in [2.45, 2.75) is 51.3 Å². The van der Waals surface area contributed by atoms with Gasteiger partial charge in [0.15, 0.2) is 0 Å². The average molecular weight is 352 g/mol. The highest BCUT2D eigenvalue weighted by Gasteiger charge is 2.34. The summed E-state index contributed by atoms with van der Waals surface area (Å²) in [6, 6.07) is 4.05. The molecule has 2 aliphatic carbocycles. The van der Waals surface area contributed by atoms with Crippen molar-refractivity contribution in [3.05, 3.63) is 47.8 Å². The maximum atomic E-state index is 6.12. The maximum Gasteiger partial charge on any atom is 0.0952 e. The lowest BCUT2D eigenvalue weighted by molar-refractivity contribution is 0.0831. The van der Waals surface area contributed by atoms with E-state index < -0.39 is 0 Å². The van der Waals surface area contributed by atoms with E-state index >= 15 is 0 Å². The molecule has 0 radical (unpaired) electrons. The molecule has 0 bridgehead atoms. The summed E-state index contributed by atoms with van der Waals surface area (Å²) < 4.78 is 8.55. The number of aromatic nitrogens is 3. The Labute approximate surface area is 155 Å². The van der Waals surface area contributed by atoms with Crippen molar-refractivity contribution >= 4 is 0 Å². The summed E-state index contributed by atoms with van der Waals surface area (Å²) in [6.07, 6.45) is 11.3. The first-order valence-corrected chi connectivity index (χ1v) is 10.1. The van der Waals surface area contributed by atoms with E-state index in [1.165, 1.54) is 43.6 Å². The van der Waals surface area contributed by atoms with E-state index in [-0.39, 0.29) is 0 Å². The maximum absolute atomic E-state index is 6.12. The second-order valence-corrected chi connectivity index (χ2v) is 8.38. The summed E-state index contributed by atoms with van der Waals surface area (Å²) >= 11 is 0. The van der Waals surface area contributed by atoms with Crippen molar-refractivity contribution in [3.8, 4) is 0 Å². The van der Waals surface area contributed by atoms with E-state index in [2.05, 4.69) is 26.8 Å². The largest absolute Gasteiger partial charge is 0.376 e. The first-order chi connectivity index (χ1) is 12.8. The predicted octanol–water partition coefficient (Wildman–Crippen LogP) is 3.21. The molecule has 138 valence electrons. The molecular formula is C21H28N4O. The van der Waals surface area contributed by atoms with Gasteiger partial charge in [-0.25, -0.2) is 4.98 Å². The SMILES string of the molecule is c1cncc(COC[C@H]2CN(CC3CC3)Cc3ncn(CC4CC4)c32)c1. The highest BCUT2D eigenvalue weighted by molar-refractivity contribution is 5.22. The van der Waals surface area contributed by atoms with Gasteiger partial charge in [0.05, 0.1) is 25.2 Å². The number of imidazole rings is 1. The van der Waals surface area contributed by atoms with Gasteiger partial charge in [-0.3, -0.25) is 9.88 Å². The third-order valence-electron chi connectivity index (χ3n) is 5.87. The van der Waals surface area contributed by atoms with Gasteiger partial charge in [0.2, 0.25) is 0 Å². The molecule has 2 aromatic heterocycles. The van der Waals surface area contributed by atoms with Crippen molar-refractivity contribution in [3.63, 3.8) is 0 Å². The molecule has 5 heteroatoms. The van der Waals surface area contributed by atoms with Crippen molar-refractivity contribution < 1.29 is 4.74 Å². The second-order valence-electron chi connectivity index (χ2n) is 8.38. The third-order valence-corrected chi connectivity index (χ3v) is 5.87. The summed E-state index contributed by atoms with van der Waals surface area (Å²) in [5, 5.41) is 0. The van der Waals surface area contributed by atoms with Crippen LogP contribution in [0.1, 0.15) is 48.6 Å². The fourth-order valence-corrected chi connectivity index (χ4v) is 4.16. The van der Waals surface area contributed by atoms with E-state index in [1.807, 2.05) is 18.5 Å². The smallest absolute Gasteiger partial charge is 0.0952 e. The fraction of sp³-hybridized carbons (Fsp3) is 0.619. The zero-order valence-electron chi connectivity index (χ0n) is 15.4. The Balaban J connectivity index is 1.29. The van der Waals surface area contributed by atoms with Gasteiger partial charge in [0.1, 0.15) is 0 Å². The van der Waals surface area contributed by atoms with Crippen LogP contribution < -0.4 is 0 Å². The van der Waals surface area contributed by atoms with Crippen LogP contribution in [0.15, 0.2) is 30.9 Å². The molecule has 26 heavy (non-hydrogen) atoms. The molecule has 1 aliphatic heterocycles. The van der Waals surface area contributed by atoms with Gasteiger partial charge in [-0.15, -0.1) is 0 Å². The lowest BCUT2D eigenvalue weighted by Gasteiger charge is -2.33. The van der Waals surface area contributed by atoms with Crippen LogP contribution in [-0.2, 0) is 24.4 Å². The van der Waals surface area contributed by atoms with Crippen molar-refractivity contribution in [2.75, 3.05) is 19.7 Å². The average Bonchev–Trinajstić information content (AvgIpc) is 3.57. The second kappa shape index (κ2) is 7.12. The topological polar surface area (TPSA) is 43.2 Å². The molecule has 5 rings (SSSR count). The minimum absolute atomic E-state index is 0.426. The van der Waals surface area contributed by atoms with E-state index in [0.29, 0.717) is 12.5 Å². The fourth-order valence-electron chi connectivity index (χ4n) is 4.16. The van der Waals surface area contributed by atoms with Gasteiger partial charge >= 0.3 is 0 Å². The Kier molecular flexibility index (Phi) is 4.51. The molecule has 3 aliphatic rings. The molecule has 0 saturated heterocycles. The van der Waals surface area contributed by atoms with Gasteiger partial charge < -0.3 is 9.30 Å². The number of nitrogens with zero attached hydrogens (tertiary/aromatic N) is 4. The lowest BCUT2D eigenvalue weighted by Crippen LogP contribution is -2.37. The molecule has 2 aromatic rings. The number of ether oxygens (including phenoxy) is 1. The summed E-state index contributed by atoms with van der Waals surface area (Å²) in [5.41, 5.74) is 3.87. The number of rotatable bonds is 8. The van der Waals surface area contributed by atoms with Gasteiger partial charge in [-0.1, -0.05) is 6.07 Å². The van der Waals surface area contributed by atoms with Gasteiger partial charge in [-0.2, -0.15) is 0 Å². The van der Waals surface area contributed by atoms with Crippen LogP contribution in [-0.4, -0.2) is 39.1 Å². The predicted molar refractivity (Wildman–Crippen MR) is 99.6 cm³/mol. The molecule has 0 amide bonds. The van der Waals surface area contributed by atoms with Gasteiger partial charge in [0.25, 0.3) is 0 Å². The molecule has 5 nitrogen and oxygen atoms in total. The minimum Gasteiger partial charge on any atom is -0.376 e. The summed E-state index contributed by atoms with van der Waals surface area (Å²) in [5.74, 6) is 2.22. The zero-order chi connectivity index (χ0) is 17.3. The van der Waals surface area contributed by atoms with E-state index in [4.69, 9.17) is 9.72 Å². The normalized spacial score (nSPS) is 23.2. The molecule has 0 spiro atoms. The molecule has 3 heterocycles. The van der Waals surface area contributed by atoms with Crippen LogP contribution in [0.2, 0.25) is 0 Å². The van der Waals surface area contributed by atoms with Crippen LogP contribution in [0.3, 0.4) is 0 Å². The van der Waals surface area contributed by atoms with Crippen LogP contribution in [0.25, 0.3) is 0 Å². The number of pyridine rings is 1. The lowest BCUT2D eigenvalue weighted by atomic mass is 9.98. The highest BCUT2D eigenvalue weighted by atomic mass is 16.5. The summed E-state index contributed by atoms with van der Waals surface area (Å²) in [7, 11) is 0. The molecule has 0 aromatic carbocycles.